The molecule has 1 heterocycles. The summed E-state index contributed by atoms with van der Waals surface area (Å²) in [6, 6.07) is 10.5. The SMILES string of the molecule is CC(N)=NCC1CCc2c(cccc2-c2ccco2)C1. The number of hydrogen-bond acceptors (Lipinski definition) is 2. The molecule has 0 radical (unpaired) electrons. The summed E-state index contributed by atoms with van der Waals surface area (Å²) >= 11 is 0. The van der Waals surface area contributed by atoms with Crippen LogP contribution in [-0.4, -0.2) is 12.4 Å². The number of benzene rings is 1. The zero-order chi connectivity index (χ0) is 13.9. The highest BCUT2D eigenvalue weighted by Gasteiger charge is 2.21. The highest BCUT2D eigenvalue weighted by molar-refractivity contribution is 5.77. The van der Waals surface area contributed by atoms with Crippen LogP contribution in [0.1, 0.15) is 24.5 Å². The molecule has 1 atom stereocenters. The number of furan rings is 1. The Labute approximate surface area is 119 Å². The predicted octanol–water partition coefficient (Wildman–Crippen LogP) is 3.43. The lowest BCUT2D eigenvalue weighted by molar-refractivity contribution is 0.469. The number of fused-ring (bicyclic) bond motifs is 1. The van der Waals surface area contributed by atoms with Gasteiger partial charge in [-0.15, -0.1) is 0 Å². The van der Waals surface area contributed by atoms with Crippen molar-refractivity contribution in [2.24, 2.45) is 16.6 Å². The standard InChI is InChI=1S/C17H20N2O/c1-12(18)19-11-13-7-8-15-14(10-13)4-2-5-16(15)17-6-3-9-20-17/h2-6,9,13H,7-8,10-11H2,1H3,(H2,18,19). The average Bonchev–Trinajstić information content (AvgIpc) is 2.98. The van der Waals surface area contributed by atoms with E-state index in [4.69, 9.17) is 10.2 Å². The van der Waals surface area contributed by atoms with Gasteiger partial charge < -0.3 is 10.2 Å². The number of rotatable bonds is 3. The van der Waals surface area contributed by atoms with Crippen molar-refractivity contribution in [3.05, 3.63) is 47.7 Å². The molecular formula is C17H20N2O. The van der Waals surface area contributed by atoms with Gasteiger partial charge in [-0.05, 0) is 55.4 Å². The largest absolute Gasteiger partial charge is 0.464 e. The summed E-state index contributed by atoms with van der Waals surface area (Å²) in [6.07, 6.45) is 5.08. The number of nitrogens with zero attached hydrogens (tertiary/aromatic N) is 1. The number of amidine groups is 1. The van der Waals surface area contributed by atoms with Gasteiger partial charge in [0, 0.05) is 12.1 Å². The van der Waals surface area contributed by atoms with Gasteiger partial charge in [-0.25, -0.2) is 0 Å². The van der Waals surface area contributed by atoms with Crippen LogP contribution in [0, 0.1) is 5.92 Å². The molecular weight excluding hydrogens is 248 g/mol. The van der Waals surface area contributed by atoms with Crippen molar-refractivity contribution in [3.8, 4) is 11.3 Å². The molecule has 0 aliphatic heterocycles. The smallest absolute Gasteiger partial charge is 0.134 e. The Bertz CT molecular complexity index is 610. The molecule has 1 unspecified atom stereocenters. The summed E-state index contributed by atoms with van der Waals surface area (Å²) in [7, 11) is 0. The molecule has 1 aromatic carbocycles. The van der Waals surface area contributed by atoms with E-state index in [9.17, 15) is 0 Å². The third-order valence-electron chi connectivity index (χ3n) is 3.97. The average molecular weight is 268 g/mol. The molecule has 0 saturated heterocycles. The quantitative estimate of drug-likeness (QED) is 0.685. The number of hydrogen-bond donors (Lipinski definition) is 1. The van der Waals surface area contributed by atoms with Crippen LogP contribution in [0.5, 0.6) is 0 Å². The summed E-state index contributed by atoms with van der Waals surface area (Å²) in [6.45, 7) is 2.69. The first-order valence-corrected chi connectivity index (χ1v) is 7.15. The highest BCUT2D eigenvalue weighted by atomic mass is 16.3. The van der Waals surface area contributed by atoms with Crippen molar-refractivity contribution in [3.63, 3.8) is 0 Å². The fraction of sp³-hybridized carbons (Fsp3) is 0.353. The second-order valence-corrected chi connectivity index (χ2v) is 5.51. The van der Waals surface area contributed by atoms with Gasteiger partial charge in [0.05, 0.1) is 12.1 Å². The van der Waals surface area contributed by atoms with Gasteiger partial charge in [-0.2, -0.15) is 0 Å². The number of nitrogens with two attached hydrogens (primary N) is 1. The lowest BCUT2D eigenvalue weighted by Gasteiger charge is -2.25. The predicted molar refractivity (Wildman–Crippen MR) is 81.8 cm³/mol. The van der Waals surface area contributed by atoms with E-state index in [0.717, 1.165) is 25.1 Å². The van der Waals surface area contributed by atoms with Gasteiger partial charge in [0.15, 0.2) is 0 Å². The molecule has 0 amide bonds. The molecule has 104 valence electrons. The highest BCUT2D eigenvalue weighted by Crippen LogP contribution is 2.33. The molecule has 0 fully saturated rings. The summed E-state index contributed by atoms with van der Waals surface area (Å²) in [5.74, 6) is 2.25. The van der Waals surface area contributed by atoms with Crippen LogP contribution in [0.4, 0.5) is 0 Å². The zero-order valence-corrected chi connectivity index (χ0v) is 11.8. The Hall–Kier alpha value is -2.03. The van der Waals surface area contributed by atoms with E-state index in [0.29, 0.717) is 11.8 Å². The van der Waals surface area contributed by atoms with Crippen molar-refractivity contribution in [2.75, 3.05) is 6.54 Å². The van der Waals surface area contributed by atoms with E-state index in [1.54, 1.807) is 6.26 Å². The molecule has 3 nitrogen and oxygen atoms in total. The van der Waals surface area contributed by atoms with E-state index in [-0.39, 0.29) is 0 Å². The second kappa shape index (κ2) is 5.53. The second-order valence-electron chi connectivity index (χ2n) is 5.51. The summed E-state index contributed by atoms with van der Waals surface area (Å²) < 4.78 is 5.55. The summed E-state index contributed by atoms with van der Waals surface area (Å²) in [5.41, 5.74) is 9.74. The lowest BCUT2D eigenvalue weighted by Crippen LogP contribution is -2.19. The van der Waals surface area contributed by atoms with Crippen molar-refractivity contribution >= 4 is 5.84 Å². The first-order chi connectivity index (χ1) is 9.74. The van der Waals surface area contributed by atoms with Gasteiger partial charge in [0.25, 0.3) is 0 Å². The maximum atomic E-state index is 5.63. The molecule has 3 rings (SSSR count). The van der Waals surface area contributed by atoms with E-state index >= 15 is 0 Å². The first-order valence-electron chi connectivity index (χ1n) is 7.15. The van der Waals surface area contributed by atoms with E-state index in [1.807, 2.05) is 19.1 Å². The monoisotopic (exact) mass is 268 g/mol. The molecule has 0 bridgehead atoms. The maximum Gasteiger partial charge on any atom is 0.134 e. The third-order valence-corrected chi connectivity index (χ3v) is 3.97. The molecule has 3 heteroatoms. The van der Waals surface area contributed by atoms with Crippen LogP contribution < -0.4 is 5.73 Å². The van der Waals surface area contributed by atoms with E-state index in [1.165, 1.54) is 23.1 Å². The van der Waals surface area contributed by atoms with Gasteiger partial charge in [-0.3, -0.25) is 4.99 Å². The molecule has 20 heavy (non-hydrogen) atoms. The molecule has 1 aromatic heterocycles. The summed E-state index contributed by atoms with van der Waals surface area (Å²) in [4.78, 5) is 4.37. The minimum absolute atomic E-state index is 0.604. The van der Waals surface area contributed by atoms with Gasteiger partial charge in [0.1, 0.15) is 5.76 Å². The Morgan fingerprint density at radius 2 is 2.25 bits per heavy atom. The van der Waals surface area contributed by atoms with Crippen molar-refractivity contribution in [1.29, 1.82) is 0 Å². The first kappa shape index (κ1) is 13.0. The molecule has 1 aliphatic rings. The van der Waals surface area contributed by atoms with Gasteiger partial charge in [0.2, 0.25) is 0 Å². The normalized spacial score (nSPS) is 18.9. The minimum Gasteiger partial charge on any atom is -0.464 e. The zero-order valence-electron chi connectivity index (χ0n) is 11.8. The molecule has 0 spiro atoms. The topological polar surface area (TPSA) is 51.5 Å². The molecule has 0 saturated carbocycles. The van der Waals surface area contributed by atoms with E-state index in [2.05, 4.69) is 23.2 Å². The van der Waals surface area contributed by atoms with Crippen molar-refractivity contribution < 1.29 is 4.42 Å². The Kier molecular flexibility index (Phi) is 3.59. The fourth-order valence-corrected chi connectivity index (χ4v) is 2.97. The summed E-state index contributed by atoms with van der Waals surface area (Å²) in [5, 5.41) is 0. The van der Waals surface area contributed by atoms with Gasteiger partial charge in [-0.1, -0.05) is 18.2 Å². The van der Waals surface area contributed by atoms with Crippen LogP contribution in [-0.2, 0) is 12.8 Å². The van der Waals surface area contributed by atoms with E-state index < -0.39 is 0 Å². The minimum atomic E-state index is 0.604. The third kappa shape index (κ3) is 2.62. The fourth-order valence-electron chi connectivity index (χ4n) is 2.97. The van der Waals surface area contributed by atoms with Crippen LogP contribution in [0.2, 0.25) is 0 Å². The number of aliphatic imine (C=N–C) groups is 1. The van der Waals surface area contributed by atoms with Crippen LogP contribution in [0.15, 0.2) is 46.0 Å². The maximum absolute atomic E-state index is 5.63. The molecule has 1 aliphatic carbocycles. The van der Waals surface area contributed by atoms with Crippen LogP contribution >= 0.6 is 0 Å². The Balaban J connectivity index is 1.85. The van der Waals surface area contributed by atoms with Crippen LogP contribution in [0.3, 0.4) is 0 Å². The van der Waals surface area contributed by atoms with Gasteiger partial charge >= 0.3 is 0 Å². The molecule has 2 aromatic rings. The Morgan fingerprint density at radius 1 is 1.35 bits per heavy atom. The van der Waals surface area contributed by atoms with Crippen molar-refractivity contribution in [2.45, 2.75) is 26.2 Å². The lowest BCUT2D eigenvalue weighted by atomic mass is 9.81. The van der Waals surface area contributed by atoms with Crippen LogP contribution in [0.25, 0.3) is 11.3 Å². The van der Waals surface area contributed by atoms with Crippen molar-refractivity contribution in [1.82, 2.24) is 0 Å². The Morgan fingerprint density at radius 3 is 3.00 bits per heavy atom. The molecule has 2 N–H and O–H groups in total.